The van der Waals surface area contributed by atoms with Crippen molar-refractivity contribution < 1.29 is 0 Å². The molecule has 2 atom stereocenters. The molecule has 0 bridgehead atoms. The minimum atomic E-state index is 0.687. The van der Waals surface area contributed by atoms with Crippen molar-refractivity contribution in [2.45, 2.75) is 38.6 Å². The van der Waals surface area contributed by atoms with Crippen LogP contribution in [0.2, 0.25) is 0 Å². The Hall–Kier alpha value is -1.69. The number of nitrogens with one attached hydrogen (secondary N) is 1. The summed E-state index contributed by atoms with van der Waals surface area (Å²) >= 11 is 0. The molecule has 1 N–H and O–H groups in total. The smallest absolute Gasteiger partial charge is 0.203 e. The van der Waals surface area contributed by atoms with E-state index < -0.39 is 0 Å². The molecule has 0 aliphatic carbocycles. The summed E-state index contributed by atoms with van der Waals surface area (Å²) in [5, 5.41) is 12.2. The fourth-order valence-electron chi connectivity index (χ4n) is 3.80. The van der Waals surface area contributed by atoms with Crippen LogP contribution in [0.15, 0.2) is 12.4 Å². The second-order valence-corrected chi connectivity index (χ2v) is 6.24. The van der Waals surface area contributed by atoms with Gasteiger partial charge in [-0.2, -0.15) is 0 Å². The van der Waals surface area contributed by atoms with Crippen molar-refractivity contribution in [3.63, 3.8) is 0 Å². The molecule has 2 saturated heterocycles. The van der Waals surface area contributed by atoms with E-state index >= 15 is 0 Å². The van der Waals surface area contributed by atoms with Crippen molar-refractivity contribution in [1.82, 2.24) is 24.9 Å². The summed E-state index contributed by atoms with van der Waals surface area (Å²) in [6, 6.07) is 0.687. The monoisotopic (exact) mass is 286 g/mol. The van der Waals surface area contributed by atoms with E-state index in [0.717, 1.165) is 36.3 Å². The summed E-state index contributed by atoms with van der Waals surface area (Å²) in [5.74, 6) is 2.63. The quantitative estimate of drug-likeness (QED) is 0.904. The Labute approximate surface area is 124 Å². The van der Waals surface area contributed by atoms with Crippen LogP contribution in [0.25, 0.3) is 5.65 Å². The molecule has 2 fully saturated rings. The van der Waals surface area contributed by atoms with Gasteiger partial charge in [0.25, 0.3) is 0 Å². The van der Waals surface area contributed by atoms with Crippen molar-refractivity contribution in [3.8, 4) is 0 Å². The van der Waals surface area contributed by atoms with Gasteiger partial charge in [-0.05, 0) is 45.1 Å². The van der Waals surface area contributed by atoms with Gasteiger partial charge in [-0.3, -0.25) is 4.40 Å². The van der Waals surface area contributed by atoms with E-state index in [-0.39, 0.29) is 0 Å². The summed E-state index contributed by atoms with van der Waals surface area (Å²) in [7, 11) is 0. The number of hydrogen-bond donors (Lipinski definition) is 1. The molecule has 0 aromatic carbocycles. The van der Waals surface area contributed by atoms with E-state index in [4.69, 9.17) is 0 Å². The number of nitrogens with zero attached hydrogens (tertiary/aromatic N) is 5. The zero-order chi connectivity index (χ0) is 14.2. The summed E-state index contributed by atoms with van der Waals surface area (Å²) in [4.78, 5) is 6.99. The molecule has 6 nitrogen and oxygen atoms in total. The van der Waals surface area contributed by atoms with Crippen LogP contribution in [0.4, 0.5) is 5.82 Å². The first-order valence-corrected chi connectivity index (χ1v) is 7.97. The van der Waals surface area contributed by atoms with Crippen LogP contribution in [0.3, 0.4) is 0 Å². The number of rotatable bonds is 2. The van der Waals surface area contributed by atoms with Gasteiger partial charge in [0.15, 0.2) is 5.82 Å². The van der Waals surface area contributed by atoms with Crippen molar-refractivity contribution in [2.24, 2.45) is 5.92 Å². The topological polar surface area (TPSA) is 58.4 Å². The average Bonchev–Trinajstić information content (AvgIpc) is 3.18. The molecule has 21 heavy (non-hydrogen) atoms. The van der Waals surface area contributed by atoms with Gasteiger partial charge in [-0.1, -0.05) is 0 Å². The molecule has 112 valence electrons. The molecule has 2 unspecified atom stereocenters. The van der Waals surface area contributed by atoms with Crippen molar-refractivity contribution in [1.29, 1.82) is 0 Å². The van der Waals surface area contributed by atoms with Gasteiger partial charge in [0.05, 0.1) is 0 Å². The molecule has 4 rings (SSSR count). The Morgan fingerprint density at radius 2 is 2.19 bits per heavy atom. The molecule has 6 heteroatoms. The molecule has 2 aromatic heterocycles. The number of fused-ring (bicyclic) bond motifs is 1. The second kappa shape index (κ2) is 5.26. The summed E-state index contributed by atoms with van der Waals surface area (Å²) < 4.78 is 2.03. The normalized spacial score (nSPS) is 26.6. The highest BCUT2D eigenvalue weighted by atomic mass is 15.3. The number of aromatic nitrogens is 4. The van der Waals surface area contributed by atoms with Crippen molar-refractivity contribution >= 4 is 11.5 Å². The maximum absolute atomic E-state index is 4.59. The molecule has 2 aromatic rings. The SMILES string of the molecule is Cc1nnc2c(N3CCCC(C4CCCN4)C3)nccn12. The van der Waals surface area contributed by atoms with Crippen molar-refractivity contribution in [2.75, 3.05) is 24.5 Å². The molecule has 0 radical (unpaired) electrons. The maximum atomic E-state index is 4.59. The molecular weight excluding hydrogens is 264 g/mol. The zero-order valence-electron chi connectivity index (χ0n) is 12.5. The van der Waals surface area contributed by atoms with Crippen LogP contribution in [-0.2, 0) is 0 Å². The van der Waals surface area contributed by atoms with E-state index in [1.165, 1.54) is 32.2 Å². The minimum absolute atomic E-state index is 0.687. The first-order chi connectivity index (χ1) is 10.3. The second-order valence-electron chi connectivity index (χ2n) is 6.24. The predicted molar refractivity (Wildman–Crippen MR) is 81.5 cm³/mol. The van der Waals surface area contributed by atoms with Gasteiger partial charge in [0, 0.05) is 31.5 Å². The first kappa shape index (κ1) is 13.0. The van der Waals surface area contributed by atoms with E-state index in [1.807, 2.05) is 23.7 Å². The number of piperidine rings is 1. The van der Waals surface area contributed by atoms with E-state index in [9.17, 15) is 0 Å². The molecule has 0 amide bonds. The Balaban J connectivity index is 1.62. The maximum Gasteiger partial charge on any atom is 0.203 e. The van der Waals surface area contributed by atoms with E-state index in [1.54, 1.807) is 0 Å². The average molecular weight is 286 g/mol. The van der Waals surface area contributed by atoms with Crippen LogP contribution >= 0.6 is 0 Å². The number of anilines is 1. The molecule has 0 saturated carbocycles. The summed E-state index contributed by atoms with van der Waals surface area (Å²) in [5.41, 5.74) is 0.884. The molecule has 4 heterocycles. The highest BCUT2D eigenvalue weighted by Crippen LogP contribution is 2.28. The Bertz CT molecular complexity index is 630. The molecular formula is C15H22N6. The summed E-state index contributed by atoms with van der Waals surface area (Å²) in [6.45, 7) is 5.31. The van der Waals surface area contributed by atoms with Crippen LogP contribution in [0, 0.1) is 12.8 Å². The largest absolute Gasteiger partial charge is 0.353 e. The zero-order valence-corrected chi connectivity index (χ0v) is 12.5. The predicted octanol–water partition coefficient (Wildman–Crippen LogP) is 1.40. The molecule has 2 aliphatic rings. The minimum Gasteiger partial charge on any atom is -0.353 e. The van der Waals surface area contributed by atoms with Crippen LogP contribution in [0.1, 0.15) is 31.5 Å². The third kappa shape index (κ3) is 2.27. The first-order valence-electron chi connectivity index (χ1n) is 7.97. The third-order valence-electron chi connectivity index (χ3n) is 4.90. The van der Waals surface area contributed by atoms with Crippen molar-refractivity contribution in [3.05, 3.63) is 18.2 Å². The van der Waals surface area contributed by atoms with E-state index in [2.05, 4.69) is 25.4 Å². The standard InChI is InChI=1S/C15H22N6/c1-11-18-19-15-14(17-7-9-21(11)15)20-8-3-4-12(10-20)13-5-2-6-16-13/h7,9,12-13,16H,2-6,8,10H2,1H3. The lowest BCUT2D eigenvalue weighted by Gasteiger charge is -2.36. The fraction of sp³-hybridized carbons (Fsp3) is 0.667. The Morgan fingerprint density at radius 1 is 1.24 bits per heavy atom. The van der Waals surface area contributed by atoms with Gasteiger partial charge in [0.2, 0.25) is 5.65 Å². The third-order valence-corrected chi connectivity index (χ3v) is 4.90. The highest BCUT2D eigenvalue weighted by Gasteiger charge is 2.30. The van der Waals surface area contributed by atoms with Gasteiger partial charge in [-0.15, -0.1) is 10.2 Å². The highest BCUT2D eigenvalue weighted by molar-refractivity contribution is 5.63. The fourth-order valence-corrected chi connectivity index (χ4v) is 3.80. The van der Waals surface area contributed by atoms with Gasteiger partial charge < -0.3 is 10.2 Å². The molecule has 2 aliphatic heterocycles. The Kier molecular flexibility index (Phi) is 3.25. The van der Waals surface area contributed by atoms with Crippen LogP contribution in [0.5, 0.6) is 0 Å². The summed E-state index contributed by atoms with van der Waals surface area (Å²) in [6.07, 6.45) is 8.99. The van der Waals surface area contributed by atoms with E-state index in [0.29, 0.717) is 6.04 Å². The van der Waals surface area contributed by atoms with Crippen LogP contribution < -0.4 is 10.2 Å². The Morgan fingerprint density at radius 3 is 3.05 bits per heavy atom. The number of aryl methyl sites for hydroxylation is 1. The van der Waals surface area contributed by atoms with Gasteiger partial charge in [0.1, 0.15) is 5.82 Å². The lowest BCUT2D eigenvalue weighted by molar-refractivity contribution is 0.328. The van der Waals surface area contributed by atoms with Gasteiger partial charge >= 0.3 is 0 Å². The van der Waals surface area contributed by atoms with Gasteiger partial charge in [-0.25, -0.2) is 4.98 Å². The molecule has 0 spiro atoms. The van der Waals surface area contributed by atoms with Crippen LogP contribution in [-0.4, -0.2) is 45.3 Å². The number of hydrogen-bond acceptors (Lipinski definition) is 5. The lowest BCUT2D eigenvalue weighted by Crippen LogP contribution is -2.44. The lowest BCUT2D eigenvalue weighted by atomic mass is 9.90.